The van der Waals surface area contributed by atoms with Gasteiger partial charge in [0.25, 0.3) is 5.91 Å². The molecule has 1 aromatic carbocycles. The standard InChI is InChI=1S/C21H24N2OS/c1-3-14-9-11-15(12-10-14)22-21(24)18-13(2)25-20-16-7-5-4-6-8-17(16)23-19(18)20/h9-12,23H,3-8H2,1-2H3,(H,22,24). The fraction of sp³-hybridized carbons (Fsp3) is 0.381. The molecule has 130 valence electrons. The van der Waals surface area contributed by atoms with Crippen molar-refractivity contribution in [3.05, 3.63) is 51.5 Å². The third-order valence-electron chi connectivity index (χ3n) is 5.20. The lowest BCUT2D eigenvalue weighted by Gasteiger charge is -2.06. The largest absolute Gasteiger partial charge is 0.357 e. The van der Waals surface area contributed by atoms with Gasteiger partial charge in [0, 0.05) is 16.3 Å². The Morgan fingerprint density at radius 2 is 1.92 bits per heavy atom. The summed E-state index contributed by atoms with van der Waals surface area (Å²) in [4.78, 5) is 17.6. The van der Waals surface area contributed by atoms with Crippen LogP contribution in [0.25, 0.3) is 10.2 Å². The van der Waals surface area contributed by atoms with Gasteiger partial charge in [-0.15, -0.1) is 11.3 Å². The molecule has 1 aliphatic rings. The number of aromatic nitrogens is 1. The number of carbonyl (C=O) groups is 1. The van der Waals surface area contributed by atoms with E-state index in [-0.39, 0.29) is 5.91 Å². The summed E-state index contributed by atoms with van der Waals surface area (Å²) in [5.74, 6) is -0.00981. The van der Waals surface area contributed by atoms with E-state index in [2.05, 4.69) is 36.3 Å². The molecule has 0 fully saturated rings. The number of nitrogens with one attached hydrogen (secondary N) is 2. The van der Waals surface area contributed by atoms with Crippen LogP contribution in [-0.2, 0) is 19.3 Å². The summed E-state index contributed by atoms with van der Waals surface area (Å²) in [6.45, 7) is 4.19. The van der Waals surface area contributed by atoms with Crippen molar-refractivity contribution in [3.8, 4) is 0 Å². The molecule has 3 aromatic rings. The summed E-state index contributed by atoms with van der Waals surface area (Å²) >= 11 is 1.76. The van der Waals surface area contributed by atoms with Crippen molar-refractivity contribution in [3.63, 3.8) is 0 Å². The predicted octanol–water partition coefficient (Wildman–Crippen LogP) is 5.62. The zero-order valence-corrected chi connectivity index (χ0v) is 15.7. The Morgan fingerprint density at radius 1 is 1.16 bits per heavy atom. The summed E-state index contributed by atoms with van der Waals surface area (Å²) in [5.41, 5.74) is 6.78. The quantitative estimate of drug-likeness (QED) is 0.590. The molecule has 25 heavy (non-hydrogen) atoms. The molecular formula is C21H24N2OS. The predicted molar refractivity (Wildman–Crippen MR) is 106 cm³/mol. The van der Waals surface area contributed by atoms with Crippen molar-refractivity contribution in [2.45, 2.75) is 52.4 Å². The first-order valence-corrected chi connectivity index (χ1v) is 10.0. The van der Waals surface area contributed by atoms with Gasteiger partial charge in [0.1, 0.15) is 0 Å². The van der Waals surface area contributed by atoms with E-state index in [0.717, 1.165) is 40.9 Å². The molecule has 0 aliphatic heterocycles. The Hall–Kier alpha value is -2.07. The zero-order chi connectivity index (χ0) is 17.4. The Bertz CT molecular complexity index is 918. The van der Waals surface area contributed by atoms with Gasteiger partial charge in [-0.3, -0.25) is 4.79 Å². The Kier molecular flexibility index (Phi) is 4.38. The molecular weight excluding hydrogens is 328 g/mol. The number of hydrogen-bond donors (Lipinski definition) is 2. The van der Waals surface area contributed by atoms with Gasteiger partial charge in [0.05, 0.1) is 15.8 Å². The highest BCUT2D eigenvalue weighted by Gasteiger charge is 2.23. The van der Waals surface area contributed by atoms with E-state index in [1.165, 1.54) is 40.8 Å². The van der Waals surface area contributed by atoms with E-state index in [4.69, 9.17) is 0 Å². The molecule has 2 N–H and O–H groups in total. The summed E-state index contributed by atoms with van der Waals surface area (Å²) in [6, 6.07) is 8.12. The highest BCUT2D eigenvalue weighted by atomic mass is 32.1. The molecule has 0 atom stereocenters. The number of rotatable bonds is 3. The minimum absolute atomic E-state index is 0.00981. The molecule has 0 saturated carbocycles. The normalized spacial score (nSPS) is 14.3. The maximum atomic E-state index is 12.9. The van der Waals surface area contributed by atoms with Crippen LogP contribution >= 0.6 is 11.3 Å². The third kappa shape index (κ3) is 2.99. The molecule has 0 saturated heterocycles. The topological polar surface area (TPSA) is 44.9 Å². The van der Waals surface area contributed by atoms with Crippen LogP contribution in [0.3, 0.4) is 0 Å². The number of H-pyrrole nitrogens is 1. The molecule has 4 heteroatoms. The van der Waals surface area contributed by atoms with Gasteiger partial charge < -0.3 is 10.3 Å². The van der Waals surface area contributed by atoms with Crippen LogP contribution in [0.4, 0.5) is 5.69 Å². The summed E-state index contributed by atoms with van der Waals surface area (Å²) in [7, 11) is 0. The first kappa shape index (κ1) is 16.4. The maximum absolute atomic E-state index is 12.9. The van der Waals surface area contributed by atoms with E-state index in [1.807, 2.05) is 12.1 Å². The highest BCUT2D eigenvalue weighted by Crippen LogP contribution is 2.37. The molecule has 0 spiro atoms. The van der Waals surface area contributed by atoms with Crippen LogP contribution in [0.5, 0.6) is 0 Å². The first-order valence-electron chi connectivity index (χ1n) is 9.20. The molecule has 1 aliphatic carbocycles. The summed E-state index contributed by atoms with van der Waals surface area (Å²) < 4.78 is 1.29. The number of aromatic amines is 1. The number of amides is 1. The molecule has 0 unspecified atom stereocenters. The molecule has 4 rings (SSSR count). The monoisotopic (exact) mass is 352 g/mol. The van der Waals surface area contributed by atoms with Crippen LogP contribution in [0.15, 0.2) is 24.3 Å². The van der Waals surface area contributed by atoms with Gasteiger partial charge in [-0.1, -0.05) is 25.5 Å². The Morgan fingerprint density at radius 3 is 2.68 bits per heavy atom. The highest BCUT2D eigenvalue weighted by molar-refractivity contribution is 7.19. The smallest absolute Gasteiger partial charge is 0.258 e. The van der Waals surface area contributed by atoms with Gasteiger partial charge >= 0.3 is 0 Å². The lowest BCUT2D eigenvalue weighted by atomic mass is 10.1. The Balaban J connectivity index is 1.67. The fourth-order valence-electron chi connectivity index (χ4n) is 3.79. The maximum Gasteiger partial charge on any atom is 0.258 e. The minimum Gasteiger partial charge on any atom is -0.357 e. The molecule has 2 aromatic heterocycles. The fourth-order valence-corrected chi connectivity index (χ4v) is 5.00. The molecule has 1 amide bonds. The van der Waals surface area contributed by atoms with E-state index in [0.29, 0.717) is 0 Å². The van der Waals surface area contributed by atoms with E-state index in [1.54, 1.807) is 11.3 Å². The van der Waals surface area contributed by atoms with Crippen LogP contribution in [-0.4, -0.2) is 10.9 Å². The zero-order valence-electron chi connectivity index (χ0n) is 14.9. The van der Waals surface area contributed by atoms with Gasteiger partial charge in [-0.05, 0) is 62.3 Å². The second kappa shape index (κ2) is 6.68. The van der Waals surface area contributed by atoms with E-state index in [9.17, 15) is 4.79 Å². The number of benzene rings is 1. The molecule has 0 bridgehead atoms. The SMILES string of the molecule is CCc1ccc(NC(=O)c2c(C)sc3c4c([nH]c23)CCCCC4)cc1. The lowest BCUT2D eigenvalue weighted by molar-refractivity contribution is 0.102. The van der Waals surface area contributed by atoms with Crippen molar-refractivity contribution in [1.29, 1.82) is 0 Å². The van der Waals surface area contributed by atoms with Crippen molar-refractivity contribution < 1.29 is 4.79 Å². The number of fused-ring (bicyclic) bond motifs is 3. The van der Waals surface area contributed by atoms with Gasteiger partial charge in [-0.25, -0.2) is 0 Å². The number of hydrogen-bond acceptors (Lipinski definition) is 2. The summed E-state index contributed by atoms with van der Waals surface area (Å²) in [6.07, 6.45) is 7.04. The van der Waals surface area contributed by atoms with Crippen molar-refractivity contribution in [2.24, 2.45) is 0 Å². The first-order chi connectivity index (χ1) is 12.2. The second-order valence-electron chi connectivity index (χ2n) is 6.88. The third-order valence-corrected chi connectivity index (χ3v) is 6.36. The van der Waals surface area contributed by atoms with E-state index >= 15 is 0 Å². The average Bonchev–Trinajstić information content (AvgIpc) is 2.99. The van der Waals surface area contributed by atoms with Crippen LogP contribution in [0.2, 0.25) is 0 Å². The summed E-state index contributed by atoms with van der Waals surface area (Å²) in [5, 5.41) is 3.07. The molecule has 3 nitrogen and oxygen atoms in total. The van der Waals surface area contributed by atoms with Gasteiger partial charge in [0.15, 0.2) is 0 Å². The van der Waals surface area contributed by atoms with Crippen molar-refractivity contribution in [2.75, 3.05) is 5.32 Å². The number of aryl methyl sites for hydroxylation is 4. The lowest BCUT2D eigenvalue weighted by Crippen LogP contribution is -2.12. The minimum atomic E-state index is -0.00981. The number of anilines is 1. The molecule has 2 heterocycles. The van der Waals surface area contributed by atoms with Crippen molar-refractivity contribution in [1.82, 2.24) is 4.98 Å². The van der Waals surface area contributed by atoms with Crippen LogP contribution in [0, 0.1) is 6.92 Å². The average molecular weight is 353 g/mol. The number of thiophene rings is 1. The van der Waals surface area contributed by atoms with Gasteiger partial charge in [0.2, 0.25) is 0 Å². The van der Waals surface area contributed by atoms with E-state index < -0.39 is 0 Å². The van der Waals surface area contributed by atoms with Crippen molar-refractivity contribution >= 4 is 33.1 Å². The van der Waals surface area contributed by atoms with Crippen LogP contribution in [0.1, 0.15) is 58.2 Å². The van der Waals surface area contributed by atoms with Crippen LogP contribution < -0.4 is 5.32 Å². The second-order valence-corrected chi connectivity index (χ2v) is 8.11. The molecule has 0 radical (unpaired) electrons. The van der Waals surface area contributed by atoms with Gasteiger partial charge in [-0.2, -0.15) is 0 Å². The Labute approximate surface area is 152 Å². The number of carbonyl (C=O) groups excluding carboxylic acids is 1.